The highest BCUT2D eigenvalue weighted by atomic mass is 16.3. The molecule has 10 aromatic rings. The number of para-hydroxylation sites is 4. The maximum Gasteiger partial charge on any atom is 0.136 e. The zero-order chi connectivity index (χ0) is 29.5. The van der Waals surface area contributed by atoms with Gasteiger partial charge in [0, 0.05) is 43.7 Å². The monoisotopic (exact) mass is 574 g/mol. The molecule has 0 spiro atoms. The van der Waals surface area contributed by atoms with Gasteiger partial charge in [0.25, 0.3) is 0 Å². The second kappa shape index (κ2) is 9.22. The molecule has 10 rings (SSSR count). The van der Waals surface area contributed by atoms with E-state index >= 15 is 0 Å². The minimum absolute atomic E-state index is 0.918. The molecule has 0 radical (unpaired) electrons. The second-order valence-electron chi connectivity index (χ2n) is 11.8. The Balaban J connectivity index is 1.18. The minimum Gasteiger partial charge on any atom is -0.456 e. The average molecular weight is 575 g/mol. The largest absolute Gasteiger partial charge is 0.456 e. The molecule has 0 fully saturated rings. The van der Waals surface area contributed by atoms with Gasteiger partial charge in [-0.25, -0.2) is 0 Å². The summed E-state index contributed by atoms with van der Waals surface area (Å²) in [7, 11) is 0. The molecule has 0 bridgehead atoms. The number of aromatic nitrogens is 2. The van der Waals surface area contributed by atoms with E-state index in [4.69, 9.17) is 4.42 Å². The Hall–Kier alpha value is -6.06. The molecular formula is C42H26N2O. The molecule has 7 aromatic carbocycles. The number of hydrogen-bond acceptors (Lipinski definition) is 1. The Labute approximate surface area is 258 Å². The van der Waals surface area contributed by atoms with Crippen molar-refractivity contribution in [3.63, 3.8) is 0 Å². The molecule has 0 aliphatic rings. The first kappa shape index (κ1) is 24.4. The van der Waals surface area contributed by atoms with Gasteiger partial charge in [0.15, 0.2) is 0 Å². The lowest BCUT2D eigenvalue weighted by Gasteiger charge is -2.12. The Morgan fingerprint density at radius 3 is 1.40 bits per heavy atom. The molecular weight excluding hydrogens is 548 g/mol. The summed E-state index contributed by atoms with van der Waals surface area (Å²) >= 11 is 0. The van der Waals surface area contributed by atoms with Crippen LogP contribution < -0.4 is 0 Å². The molecule has 0 aliphatic carbocycles. The molecule has 3 aromatic heterocycles. The van der Waals surface area contributed by atoms with Crippen molar-refractivity contribution in [2.45, 2.75) is 0 Å². The first-order valence-electron chi connectivity index (χ1n) is 15.4. The van der Waals surface area contributed by atoms with Gasteiger partial charge in [0.1, 0.15) is 11.2 Å². The van der Waals surface area contributed by atoms with Crippen LogP contribution in [0.15, 0.2) is 162 Å². The van der Waals surface area contributed by atoms with Gasteiger partial charge in [0.2, 0.25) is 0 Å². The minimum atomic E-state index is 0.918. The Bertz CT molecular complexity index is 2720. The van der Waals surface area contributed by atoms with Crippen LogP contribution in [0.25, 0.3) is 88.1 Å². The lowest BCUT2D eigenvalue weighted by molar-refractivity contribution is 0.669. The van der Waals surface area contributed by atoms with E-state index in [9.17, 15) is 0 Å². The fraction of sp³-hybridized carbons (Fsp3) is 0. The third kappa shape index (κ3) is 3.52. The van der Waals surface area contributed by atoms with E-state index in [0.717, 1.165) is 33.3 Å². The fourth-order valence-corrected chi connectivity index (χ4v) is 7.31. The van der Waals surface area contributed by atoms with Crippen LogP contribution in [0.5, 0.6) is 0 Å². The molecule has 0 saturated heterocycles. The Morgan fingerprint density at radius 2 is 0.800 bits per heavy atom. The van der Waals surface area contributed by atoms with Crippen molar-refractivity contribution in [1.82, 2.24) is 9.13 Å². The normalized spacial score (nSPS) is 12.0. The van der Waals surface area contributed by atoms with Gasteiger partial charge >= 0.3 is 0 Å². The van der Waals surface area contributed by atoms with Crippen LogP contribution >= 0.6 is 0 Å². The molecule has 0 saturated carbocycles. The van der Waals surface area contributed by atoms with Crippen LogP contribution in [0.2, 0.25) is 0 Å². The number of furan rings is 1. The van der Waals surface area contributed by atoms with Crippen molar-refractivity contribution in [1.29, 1.82) is 0 Å². The highest BCUT2D eigenvalue weighted by Crippen LogP contribution is 2.39. The molecule has 210 valence electrons. The SMILES string of the molecule is c1cc(-c2cccc(-n3c4ccccc4c4cc5oc6ccccc6c5cc43)c2)cc(-n2c3ccccc3c3ccccc32)c1. The standard InChI is InChI=1S/C42H26N2O/c1-5-19-37-31(15-1)32-16-2-6-20-38(32)43(37)29-13-9-11-27(23-29)28-12-10-14-30(24-28)44-39-21-7-3-17-33(39)35-26-42-36(25-40(35)44)34-18-4-8-22-41(34)45-42/h1-26H. The van der Waals surface area contributed by atoms with Gasteiger partial charge in [-0.3, -0.25) is 0 Å². The summed E-state index contributed by atoms with van der Waals surface area (Å²) in [5.74, 6) is 0. The van der Waals surface area contributed by atoms with E-state index in [1.165, 1.54) is 54.7 Å². The predicted molar refractivity (Wildman–Crippen MR) is 188 cm³/mol. The molecule has 3 heterocycles. The van der Waals surface area contributed by atoms with Gasteiger partial charge < -0.3 is 13.6 Å². The maximum absolute atomic E-state index is 6.29. The van der Waals surface area contributed by atoms with Gasteiger partial charge in [0.05, 0.1) is 22.1 Å². The van der Waals surface area contributed by atoms with Crippen LogP contribution in [-0.2, 0) is 0 Å². The van der Waals surface area contributed by atoms with Crippen molar-refractivity contribution in [2.24, 2.45) is 0 Å². The first-order chi connectivity index (χ1) is 22.3. The summed E-state index contributed by atoms with van der Waals surface area (Å²) in [6.45, 7) is 0. The van der Waals surface area contributed by atoms with Crippen LogP contribution in [0, 0.1) is 0 Å². The zero-order valence-electron chi connectivity index (χ0n) is 24.3. The summed E-state index contributed by atoms with van der Waals surface area (Å²) in [5.41, 5.74) is 11.3. The molecule has 0 aliphatic heterocycles. The van der Waals surface area contributed by atoms with Crippen molar-refractivity contribution >= 4 is 65.6 Å². The highest BCUT2D eigenvalue weighted by Gasteiger charge is 2.17. The fourth-order valence-electron chi connectivity index (χ4n) is 7.31. The van der Waals surface area contributed by atoms with E-state index in [-0.39, 0.29) is 0 Å². The lowest BCUT2D eigenvalue weighted by Crippen LogP contribution is -1.96. The number of benzene rings is 7. The number of fused-ring (bicyclic) bond motifs is 9. The van der Waals surface area contributed by atoms with Gasteiger partial charge in [-0.15, -0.1) is 0 Å². The van der Waals surface area contributed by atoms with Gasteiger partial charge in [-0.2, -0.15) is 0 Å². The summed E-state index contributed by atoms with van der Waals surface area (Å²) in [6, 6.07) is 56.6. The number of rotatable bonds is 3. The topological polar surface area (TPSA) is 23.0 Å². The molecule has 0 amide bonds. The van der Waals surface area contributed by atoms with Crippen molar-refractivity contribution in [3.8, 4) is 22.5 Å². The second-order valence-corrected chi connectivity index (χ2v) is 11.8. The van der Waals surface area contributed by atoms with Crippen LogP contribution in [-0.4, -0.2) is 9.13 Å². The molecule has 0 unspecified atom stereocenters. The third-order valence-electron chi connectivity index (χ3n) is 9.29. The van der Waals surface area contributed by atoms with E-state index in [2.05, 4.69) is 155 Å². The van der Waals surface area contributed by atoms with Crippen molar-refractivity contribution < 1.29 is 4.42 Å². The molecule has 0 atom stereocenters. The third-order valence-corrected chi connectivity index (χ3v) is 9.29. The smallest absolute Gasteiger partial charge is 0.136 e. The van der Waals surface area contributed by atoms with E-state index in [1.807, 2.05) is 12.1 Å². The molecule has 3 nitrogen and oxygen atoms in total. The number of nitrogens with zero attached hydrogens (tertiary/aromatic N) is 2. The highest BCUT2D eigenvalue weighted by molar-refractivity contribution is 6.17. The van der Waals surface area contributed by atoms with Crippen LogP contribution in [0.4, 0.5) is 0 Å². The van der Waals surface area contributed by atoms with E-state index < -0.39 is 0 Å². The lowest BCUT2D eigenvalue weighted by atomic mass is 10.0. The summed E-state index contributed by atoms with van der Waals surface area (Å²) < 4.78 is 11.1. The molecule has 3 heteroatoms. The Kier molecular flexibility index (Phi) is 5.00. The zero-order valence-corrected chi connectivity index (χ0v) is 24.3. The Morgan fingerprint density at radius 1 is 0.311 bits per heavy atom. The number of hydrogen-bond donors (Lipinski definition) is 0. The first-order valence-corrected chi connectivity index (χ1v) is 15.4. The summed E-state index contributed by atoms with van der Waals surface area (Å²) in [6.07, 6.45) is 0. The molecule has 0 N–H and O–H groups in total. The van der Waals surface area contributed by atoms with Crippen molar-refractivity contribution in [3.05, 3.63) is 158 Å². The van der Waals surface area contributed by atoms with Gasteiger partial charge in [-0.1, -0.05) is 97.1 Å². The molecule has 45 heavy (non-hydrogen) atoms. The maximum atomic E-state index is 6.29. The predicted octanol–water partition coefficient (Wildman–Crippen LogP) is 11.4. The van der Waals surface area contributed by atoms with Crippen molar-refractivity contribution in [2.75, 3.05) is 0 Å². The van der Waals surface area contributed by atoms with Crippen LogP contribution in [0.1, 0.15) is 0 Å². The summed E-state index contributed by atoms with van der Waals surface area (Å²) in [5, 5.41) is 7.22. The summed E-state index contributed by atoms with van der Waals surface area (Å²) in [4.78, 5) is 0. The average Bonchev–Trinajstić information content (AvgIpc) is 3.75. The van der Waals surface area contributed by atoms with Crippen LogP contribution in [0.3, 0.4) is 0 Å². The van der Waals surface area contributed by atoms with E-state index in [1.54, 1.807) is 0 Å². The van der Waals surface area contributed by atoms with E-state index in [0.29, 0.717) is 0 Å². The quantitative estimate of drug-likeness (QED) is 0.206. The van der Waals surface area contributed by atoms with Gasteiger partial charge in [-0.05, 0) is 71.8 Å².